The molecule has 0 aromatic heterocycles. The van der Waals surface area contributed by atoms with Gasteiger partial charge in [0.05, 0.1) is 7.11 Å². The van der Waals surface area contributed by atoms with Crippen LogP contribution in [0.5, 0.6) is 11.5 Å². The van der Waals surface area contributed by atoms with Crippen molar-refractivity contribution in [1.29, 1.82) is 0 Å². The normalized spacial score (nSPS) is 11.7. The van der Waals surface area contributed by atoms with E-state index < -0.39 is 5.91 Å². The lowest BCUT2D eigenvalue weighted by Gasteiger charge is -2.16. The summed E-state index contributed by atoms with van der Waals surface area (Å²) in [5, 5.41) is 0. The second-order valence-electron chi connectivity index (χ2n) is 4.43. The van der Waals surface area contributed by atoms with Crippen LogP contribution in [0.15, 0.2) is 48.5 Å². The fraction of sp³-hybridized carbons (Fsp3) is 0.188. The van der Waals surface area contributed by atoms with Crippen molar-refractivity contribution in [2.75, 3.05) is 7.11 Å². The highest BCUT2D eigenvalue weighted by atomic mass is 16.5. The average Bonchev–Trinajstić information content (AvgIpc) is 2.47. The number of amides is 1. The van der Waals surface area contributed by atoms with Gasteiger partial charge in [0.2, 0.25) is 5.91 Å². The zero-order valence-electron chi connectivity index (χ0n) is 11.5. The highest BCUT2D eigenvalue weighted by Crippen LogP contribution is 2.24. The largest absolute Gasteiger partial charge is 0.497 e. The lowest BCUT2D eigenvalue weighted by Crippen LogP contribution is -2.10. The molecule has 0 aliphatic carbocycles. The van der Waals surface area contributed by atoms with E-state index in [1.54, 1.807) is 31.4 Å². The minimum atomic E-state index is -0.447. The zero-order valence-corrected chi connectivity index (χ0v) is 11.5. The molecule has 0 aliphatic rings. The number of benzene rings is 2. The van der Waals surface area contributed by atoms with Crippen molar-refractivity contribution >= 4 is 5.91 Å². The summed E-state index contributed by atoms with van der Waals surface area (Å²) in [6.45, 7) is 1.96. The third-order valence-electron chi connectivity index (χ3n) is 3.01. The van der Waals surface area contributed by atoms with Crippen LogP contribution in [0.3, 0.4) is 0 Å². The minimum absolute atomic E-state index is 0.121. The summed E-state index contributed by atoms with van der Waals surface area (Å²) in [4.78, 5) is 11.0. The molecule has 4 heteroatoms. The van der Waals surface area contributed by atoms with Crippen molar-refractivity contribution in [2.45, 2.75) is 13.0 Å². The summed E-state index contributed by atoms with van der Waals surface area (Å²) in [5.41, 5.74) is 6.68. The Bertz CT molecular complexity index is 593. The van der Waals surface area contributed by atoms with Gasteiger partial charge in [-0.15, -0.1) is 0 Å². The second kappa shape index (κ2) is 6.10. The molecule has 0 saturated carbocycles. The predicted octanol–water partition coefficient (Wildman–Crippen LogP) is 2.93. The number of ether oxygens (including phenoxy) is 2. The number of hydrogen-bond donors (Lipinski definition) is 1. The summed E-state index contributed by atoms with van der Waals surface area (Å²) in [5.74, 6) is 1.03. The highest BCUT2D eigenvalue weighted by molar-refractivity contribution is 5.92. The molecule has 20 heavy (non-hydrogen) atoms. The van der Waals surface area contributed by atoms with Gasteiger partial charge in [-0.05, 0) is 48.9 Å². The number of rotatable bonds is 5. The number of methoxy groups -OCH3 is 1. The number of carbonyl (C=O) groups excluding carboxylic acids is 1. The van der Waals surface area contributed by atoms with E-state index in [0.29, 0.717) is 11.3 Å². The first-order valence-electron chi connectivity index (χ1n) is 6.30. The van der Waals surface area contributed by atoms with Crippen molar-refractivity contribution in [1.82, 2.24) is 0 Å². The molecule has 2 aromatic carbocycles. The molecule has 4 nitrogen and oxygen atoms in total. The van der Waals surface area contributed by atoms with Crippen molar-refractivity contribution in [3.63, 3.8) is 0 Å². The third-order valence-corrected chi connectivity index (χ3v) is 3.01. The topological polar surface area (TPSA) is 61.6 Å². The lowest BCUT2D eigenvalue weighted by atomic mass is 10.1. The first-order chi connectivity index (χ1) is 9.60. The first-order valence-corrected chi connectivity index (χ1v) is 6.30. The van der Waals surface area contributed by atoms with E-state index in [0.717, 1.165) is 11.3 Å². The Morgan fingerprint density at radius 2 is 1.80 bits per heavy atom. The molecule has 0 spiro atoms. The van der Waals surface area contributed by atoms with E-state index >= 15 is 0 Å². The highest BCUT2D eigenvalue weighted by Gasteiger charge is 2.09. The van der Waals surface area contributed by atoms with Crippen molar-refractivity contribution in [2.24, 2.45) is 5.73 Å². The quantitative estimate of drug-likeness (QED) is 0.909. The van der Waals surface area contributed by atoms with E-state index in [2.05, 4.69) is 0 Å². The average molecular weight is 271 g/mol. The predicted molar refractivity (Wildman–Crippen MR) is 77.0 cm³/mol. The second-order valence-corrected chi connectivity index (χ2v) is 4.43. The molecule has 104 valence electrons. The van der Waals surface area contributed by atoms with Gasteiger partial charge in [-0.3, -0.25) is 4.79 Å². The fourth-order valence-corrected chi connectivity index (χ4v) is 1.86. The monoisotopic (exact) mass is 271 g/mol. The van der Waals surface area contributed by atoms with Gasteiger partial charge < -0.3 is 15.2 Å². The summed E-state index contributed by atoms with van der Waals surface area (Å²) >= 11 is 0. The van der Waals surface area contributed by atoms with Gasteiger partial charge in [0.1, 0.15) is 17.6 Å². The van der Waals surface area contributed by atoms with Crippen molar-refractivity contribution in [3.05, 3.63) is 59.7 Å². The van der Waals surface area contributed by atoms with Gasteiger partial charge in [-0.2, -0.15) is 0 Å². The number of carbonyl (C=O) groups is 1. The van der Waals surface area contributed by atoms with Crippen LogP contribution in [0, 0.1) is 0 Å². The standard InChI is InChI=1S/C16H17NO3/c1-11(13-4-3-5-15(10-13)19-2)20-14-8-6-12(7-9-14)16(17)18/h3-11H,1-2H3,(H2,17,18)/t11-/m0/s1. The molecule has 0 aliphatic heterocycles. The van der Waals surface area contributed by atoms with E-state index in [1.165, 1.54) is 0 Å². The maximum Gasteiger partial charge on any atom is 0.248 e. The van der Waals surface area contributed by atoms with E-state index in [9.17, 15) is 4.79 Å². The molecular formula is C16H17NO3. The van der Waals surface area contributed by atoms with Gasteiger partial charge in [0.25, 0.3) is 0 Å². The third kappa shape index (κ3) is 3.29. The molecule has 0 radical (unpaired) electrons. The van der Waals surface area contributed by atoms with Crippen LogP contribution in [0.4, 0.5) is 0 Å². The van der Waals surface area contributed by atoms with Crippen molar-refractivity contribution in [3.8, 4) is 11.5 Å². The summed E-state index contributed by atoms with van der Waals surface area (Å²) in [6, 6.07) is 14.5. The Morgan fingerprint density at radius 3 is 2.40 bits per heavy atom. The Kier molecular flexibility index (Phi) is 4.25. The van der Waals surface area contributed by atoms with Crippen LogP contribution in [-0.4, -0.2) is 13.0 Å². The molecule has 1 atom stereocenters. The molecule has 0 unspecified atom stereocenters. The van der Waals surface area contributed by atoms with Gasteiger partial charge in [-0.25, -0.2) is 0 Å². The van der Waals surface area contributed by atoms with Crippen LogP contribution in [0.2, 0.25) is 0 Å². The van der Waals surface area contributed by atoms with Crippen LogP contribution in [0.1, 0.15) is 28.9 Å². The molecule has 2 rings (SSSR count). The van der Waals surface area contributed by atoms with E-state index in [1.807, 2.05) is 31.2 Å². The summed E-state index contributed by atoms with van der Waals surface area (Å²) in [6.07, 6.45) is -0.121. The van der Waals surface area contributed by atoms with Gasteiger partial charge in [0.15, 0.2) is 0 Å². The molecular weight excluding hydrogens is 254 g/mol. The number of nitrogens with two attached hydrogens (primary N) is 1. The van der Waals surface area contributed by atoms with Crippen LogP contribution < -0.4 is 15.2 Å². The Balaban J connectivity index is 2.10. The number of primary amides is 1. The minimum Gasteiger partial charge on any atom is -0.497 e. The fourth-order valence-electron chi connectivity index (χ4n) is 1.86. The SMILES string of the molecule is COc1cccc([C@H](C)Oc2ccc(C(N)=O)cc2)c1. The van der Waals surface area contributed by atoms with Gasteiger partial charge in [-0.1, -0.05) is 12.1 Å². The van der Waals surface area contributed by atoms with Crippen LogP contribution in [0.25, 0.3) is 0 Å². The Labute approximate surface area is 118 Å². The smallest absolute Gasteiger partial charge is 0.248 e. The molecule has 1 amide bonds. The Hall–Kier alpha value is -2.49. The molecule has 0 saturated heterocycles. The Morgan fingerprint density at radius 1 is 1.10 bits per heavy atom. The van der Waals surface area contributed by atoms with Crippen LogP contribution >= 0.6 is 0 Å². The molecule has 0 fully saturated rings. The van der Waals surface area contributed by atoms with Gasteiger partial charge >= 0.3 is 0 Å². The molecule has 0 bridgehead atoms. The maximum atomic E-state index is 11.0. The molecule has 0 heterocycles. The summed E-state index contributed by atoms with van der Waals surface area (Å²) < 4.78 is 11.0. The van der Waals surface area contributed by atoms with Crippen molar-refractivity contribution < 1.29 is 14.3 Å². The lowest BCUT2D eigenvalue weighted by molar-refractivity contribution is 0.1000. The zero-order chi connectivity index (χ0) is 14.5. The number of hydrogen-bond acceptors (Lipinski definition) is 3. The maximum absolute atomic E-state index is 11.0. The van der Waals surface area contributed by atoms with Gasteiger partial charge in [0, 0.05) is 5.56 Å². The summed E-state index contributed by atoms with van der Waals surface area (Å²) in [7, 11) is 1.63. The van der Waals surface area contributed by atoms with E-state index in [-0.39, 0.29) is 6.10 Å². The molecule has 2 N–H and O–H groups in total. The first kappa shape index (κ1) is 13.9. The van der Waals surface area contributed by atoms with Crippen LogP contribution in [-0.2, 0) is 0 Å². The molecule has 2 aromatic rings. The van der Waals surface area contributed by atoms with E-state index in [4.69, 9.17) is 15.2 Å².